The molecule has 0 radical (unpaired) electrons. The summed E-state index contributed by atoms with van der Waals surface area (Å²) in [5.74, 6) is 0.950. The number of amides is 1. The Hall–Kier alpha value is -2.41. The second-order valence-electron chi connectivity index (χ2n) is 6.48. The molecule has 0 bridgehead atoms. The summed E-state index contributed by atoms with van der Waals surface area (Å²) >= 11 is 1.55. The van der Waals surface area contributed by atoms with E-state index in [1.165, 1.54) is 6.26 Å². The van der Waals surface area contributed by atoms with Gasteiger partial charge in [-0.05, 0) is 44.4 Å². The molecule has 6 nitrogen and oxygen atoms in total. The summed E-state index contributed by atoms with van der Waals surface area (Å²) < 4.78 is 5.22. The van der Waals surface area contributed by atoms with Crippen LogP contribution in [0, 0.1) is 13.8 Å². The molecule has 3 aromatic rings. The second-order valence-corrected chi connectivity index (χ2v) is 7.69. The molecule has 0 spiro atoms. The summed E-state index contributed by atoms with van der Waals surface area (Å²) in [5.41, 5.74) is 0.912. The van der Waals surface area contributed by atoms with Gasteiger partial charge in [0.2, 0.25) is 0 Å². The Morgan fingerprint density at radius 3 is 3.04 bits per heavy atom. The fraction of sp³-hybridized carbons (Fsp3) is 0.389. The Morgan fingerprint density at radius 2 is 2.28 bits per heavy atom. The number of carbonyl (C=O) groups is 1. The van der Waals surface area contributed by atoms with Crippen molar-refractivity contribution in [3.63, 3.8) is 0 Å². The third-order valence-corrected chi connectivity index (χ3v) is 5.99. The molecule has 130 valence electrons. The molecule has 1 N–H and O–H groups in total. The van der Waals surface area contributed by atoms with Gasteiger partial charge < -0.3 is 14.3 Å². The number of aromatic nitrogens is 2. The molecule has 1 aliphatic heterocycles. The molecule has 7 heteroatoms. The predicted molar refractivity (Wildman–Crippen MR) is 96.3 cm³/mol. The van der Waals surface area contributed by atoms with E-state index in [0.29, 0.717) is 30.1 Å². The minimum absolute atomic E-state index is 0.0347. The highest BCUT2D eigenvalue weighted by atomic mass is 32.1. The van der Waals surface area contributed by atoms with Gasteiger partial charge in [-0.25, -0.2) is 4.98 Å². The highest BCUT2D eigenvalue weighted by Crippen LogP contribution is 2.29. The fourth-order valence-electron chi connectivity index (χ4n) is 3.41. The molecule has 4 rings (SSSR count). The SMILES string of the molecule is Cc1sc2nc([C@@H]3CCCN(C(=O)c4ccco4)C3)[nH]c(=O)c2c1C. The predicted octanol–water partition coefficient (Wildman–Crippen LogP) is 3.21. The molecule has 1 fully saturated rings. The van der Waals surface area contributed by atoms with Gasteiger partial charge in [-0.3, -0.25) is 9.59 Å². The Morgan fingerprint density at radius 1 is 1.44 bits per heavy atom. The van der Waals surface area contributed by atoms with Crippen LogP contribution in [0.2, 0.25) is 0 Å². The van der Waals surface area contributed by atoms with Crippen LogP contribution in [0.1, 0.15) is 45.6 Å². The number of likely N-dealkylation sites (tertiary alicyclic amines) is 1. The van der Waals surface area contributed by atoms with Crippen molar-refractivity contribution in [3.8, 4) is 0 Å². The van der Waals surface area contributed by atoms with E-state index in [4.69, 9.17) is 9.40 Å². The molecule has 1 aliphatic rings. The van der Waals surface area contributed by atoms with Crippen LogP contribution in [0.4, 0.5) is 0 Å². The maximum Gasteiger partial charge on any atom is 0.289 e. The van der Waals surface area contributed by atoms with E-state index in [0.717, 1.165) is 28.1 Å². The molecule has 3 aromatic heterocycles. The van der Waals surface area contributed by atoms with Gasteiger partial charge in [0.1, 0.15) is 10.7 Å². The van der Waals surface area contributed by atoms with Crippen LogP contribution in [-0.2, 0) is 0 Å². The number of fused-ring (bicyclic) bond motifs is 1. The van der Waals surface area contributed by atoms with Gasteiger partial charge in [0.25, 0.3) is 11.5 Å². The topological polar surface area (TPSA) is 79.2 Å². The van der Waals surface area contributed by atoms with Crippen LogP contribution in [0.25, 0.3) is 10.2 Å². The number of nitrogens with zero attached hydrogens (tertiary/aromatic N) is 2. The second kappa shape index (κ2) is 6.15. The summed E-state index contributed by atoms with van der Waals surface area (Å²) in [6.45, 7) is 5.19. The largest absolute Gasteiger partial charge is 0.459 e. The van der Waals surface area contributed by atoms with E-state index in [1.807, 2.05) is 13.8 Å². The molecule has 0 aliphatic carbocycles. The Balaban J connectivity index is 1.64. The number of hydrogen-bond acceptors (Lipinski definition) is 5. The van der Waals surface area contributed by atoms with Crippen molar-refractivity contribution >= 4 is 27.5 Å². The van der Waals surface area contributed by atoms with E-state index in [-0.39, 0.29) is 17.4 Å². The highest BCUT2D eigenvalue weighted by molar-refractivity contribution is 7.18. The molecule has 0 unspecified atom stereocenters. The number of H-pyrrole nitrogens is 1. The lowest BCUT2D eigenvalue weighted by Gasteiger charge is -2.31. The monoisotopic (exact) mass is 357 g/mol. The average Bonchev–Trinajstić information content (AvgIpc) is 3.23. The van der Waals surface area contributed by atoms with Gasteiger partial charge in [0.05, 0.1) is 11.6 Å². The third-order valence-electron chi connectivity index (χ3n) is 4.88. The number of hydrogen-bond donors (Lipinski definition) is 1. The zero-order chi connectivity index (χ0) is 17.6. The minimum atomic E-state index is -0.110. The van der Waals surface area contributed by atoms with Crippen molar-refractivity contribution in [2.24, 2.45) is 0 Å². The molecule has 1 amide bonds. The zero-order valence-corrected chi connectivity index (χ0v) is 15.0. The van der Waals surface area contributed by atoms with Crippen molar-refractivity contribution in [1.82, 2.24) is 14.9 Å². The van der Waals surface area contributed by atoms with Crippen molar-refractivity contribution in [2.45, 2.75) is 32.6 Å². The normalized spacial score (nSPS) is 18.0. The number of aryl methyl sites for hydroxylation is 2. The Labute approximate surface area is 148 Å². The number of furan rings is 1. The minimum Gasteiger partial charge on any atom is -0.459 e. The van der Waals surface area contributed by atoms with Crippen molar-refractivity contribution < 1.29 is 9.21 Å². The summed E-state index contributed by atoms with van der Waals surface area (Å²) in [6.07, 6.45) is 3.28. The summed E-state index contributed by atoms with van der Waals surface area (Å²) in [6, 6.07) is 3.39. The smallest absolute Gasteiger partial charge is 0.289 e. The standard InChI is InChI=1S/C18H19N3O3S/c1-10-11(2)25-17-14(10)16(22)19-15(20-17)12-5-3-7-21(9-12)18(23)13-6-4-8-24-13/h4,6,8,12H,3,5,7,9H2,1-2H3,(H,19,20,22)/t12-/m1/s1. The first-order chi connectivity index (χ1) is 12.0. The molecule has 1 saturated heterocycles. The number of rotatable bonds is 2. The zero-order valence-electron chi connectivity index (χ0n) is 14.2. The van der Waals surface area contributed by atoms with E-state index in [9.17, 15) is 9.59 Å². The first-order valence-corrected chi connectivity index (χ1v) is 9.19. The quantitative estimate of drug-likeness (QED) is 0.764. The van der Waals surface area contributed by atoms with Gasteiger partial charge >= 0.3 is 0 Å². The van der Waals surface area contributed by atoms with Gasteiger partial charge in [0, 0.05) is 23.9 Å². The Bertz CT molecular complexity index is 987. The van der Waals surface area contributed by atoms with Crippen LogP contribution in [0.5, 0.6) is 0 Å². The number of piperidine rings is 1. The lowest BCUT2D eigenvalue weighted by Crippen LogP contribution is -2.39. The van der Waals surface area contributed by atoms with Crippen LogP contribution in [-0.4, -0.2) is 33.9 Å². The van der Waals surface area contributed by atoms with E-state index in [2.05, 4.69) is 4.98 Å². The lowest BCUT2D eigenvalue weighted by atomic mass is 9.97. The summed E-state index contributed by atoms with van der Waals surface area (Å²) in [5, 5.41) is 0.686. The lowest BCUT2D eigenvalue weighted by molar-refractivity contribution is 0.0672. The Kier molecular flexibility index (Phi) is 3.95. The fourth-order valence-corrected chi connectivity index (χ4v) is 4.44. The van der Waals surface area contributed by atoms with Gasteiger partial charge in [-0.1, -0.05) is 0 Å². The number of carbonyl (C=O) groups excluding carboxylic acids is 1. The maximum atomic E-state index is 12.5. The number of aromatic amines is 1. The first-order valence-electron chi connectivity index (χ1n) is 8.37. The van der Waals surface area contributed by atoms with Gasteiger partial charge in [-0.2, -0.15) is 0 Å². The maximum absolute atomic E-state index is 12.5. The average molecular weight is 357 g/mol. The molecular formula is C18H19N3O3S. The molecule has 4 heterocycles. The third kappa shape index (κ3) is 2.78. The summed E-state index contributed by atoms with van der Waals surface area (Å²) in [7, 11) is 0. The van der Waals surface area contributed by atoms with Crippen LogP contribution < -0.4 is 5.56 Å². The molecule has 25 heavy (non-hydrogen) atoms. The number of nitrogens with one attached hydrogen (secondary N) is 1. The van der Waals surface area contributed by atoms with E-state index >= 15 is 0 Å². The van der Waals surface area contributed by atoms with Crippen molar-refractivity contribution in [3.05, 3.63) is 50.8 Å². The first kappa shape index (κ1) is 16.1. The van der Waals surface area contributed by atoms with E-state index < -0.39 is 0 Å². The van der Waals surface area contributed by atoms with Gasteiger partial charge in [-0.15, -0.1) is 11.3 Å². The van der Waals surface area contributed by atoms with Crippen LogP contribution >= 0.6 is 11.3 Å². The summed E-state index contributed by atoms with van der Waals surface area (Å²) in [4.78, 5) is 36.3. The van der Waals surface area contributed by atoms with Crippen molar-refractivity contribution in [2.75, 3.05) is 13.1 Å². The van der Waals surface area contributed by atoms with Gasteiger partial charge in [0.15, 0.2) is 5.76 Å². The molecular weight excluding hydrogens is 338 g/mol. The molecule has 0 saturated carbocycles. The number of thiophene rings is 1. The molecule has 1 atom stereocenters. The van der Waals surface area contributed by atoms with Crippen LogP contribution in [0.15, 0.2) is 27.6 Å². The van der Waals surface area contributed by atoms with E-state index in [1.54, 1.807) is 28.4 Å². The molecule has 0 aromatic carbocycles. The van der Waals surface area contributed by atoms with Crippen LogP contribution in [0.3, 0.4) is 0 Å². The van der Waals surface area contributed by atoms with Crippen molar-refractivity contribution in [1.29, 1.82) is 0 Å². The highest BCUT2D eigenvalue weighted by Gasteiger charge is 2.28.